The van der Waals surface area contributed by atoms with E-state index in [2.05, 4.69) is 0 Å². The van der Waals surface area contributed by atoms with Crippen LogP contribution < -0.4 is 0 Å². The van der Waals surface area contributed by atoms with Crippen LogP contribution in [0.15, 0.2) is 24.3 Å². The molecule has 1 saturated heterocycles. The molecule has 2 N–H and O–H groups in total. The number of carbonyl (C=O) groups excluding carboxylic acids is 1. The molecule has 1 aromatic carbocycles. The molecule has 6 rings (SSSR count). The van der Waals surface area contributed by atoms with Crippen molar-refractivity contribution in [1.82, 2.24) is 4.90 Å². The molecule has 1 heterocycles. The summed E-state index contributed by atoms with van der Waals surface area (Å²) in [5.74, 6) is -0.334. The molecule has 4 saturated carbocycles. The summed E-state index contributed by atoms with van der Waals surface area (Å²) in [5.41, 5.74) is -0.116. The Morgan fingerprint density at radius 2 is 1.68 bits per heavy atom. The molecule has 5 fully saturated rings. The van der Waals surface area contributed by atoms with Crippen molar-refractivity contribution in [2.45, 2.75) is 50.0 Å². The molecule has 1 aliphatic heterocycles. The van der Waals surface area contributed by atoms with Gasteiger partial charge in [-0.2, -0.15) is 0 Å². The number of aliphatic carboxylic acids is 1. The molecule has 2 atom stereocenters. The normalized spacial score (nSPS) is 39.1. The van der Waals surface area contributed by atoms with Gasteiger partial charge in [-0.15, -0.1) is 0 Å². The standard InChI is InChI=1S/C22H26FNO4/c23-17-3-1-14(2-4-17)22(10-19(26)24-11-18(25)12-24)15-5-13-6-16(22)9-21(7-13,8-15)20(27)28/h1-4,13,15-16,18,25H,5-12H2,(H,27,28)/t13?,15?,16?,21-,22+. The molecule has 28 heavy (non-hydrogen) atoms. The lowest BCUT2D eigenvalue weighted by Crippen LogP contribution is -2.63. The van der Waals surface area contributed by atoms with E-state index in [4.69, 9.17) is 0 Å². The summed E-state index contributed by atoms with van der Waals surface area (Å²) in [7, 11) is 0. The van der Waals surface area contributed by atoms with E-state index in [-0.39, 0.29) is 23.6 Å². The maximum absolute atomic E-state index is 13.6. The van der Waals surface area contributed by atoms with Gasteiger partial charge >= 0.3 is 5.97 Å². The predicted molar refractivity (Wildman–Crippen MR) is 98.9 cm³/mol. The summed E-state index contributed by atoms with van der Waals surface area (Å²) in [6.07, 6.45) is 3.71. The molecule has 1 amide bonds. The zero-order chi connectivity index (χ0) is 19.7. The maximum Gasteiger partial charge on any atom is 0.309 e. The highest BCUT2D eigenvalue weighted by molar-refractivity contribution is 5.80. The average molecular weight is 387 g/mol. The van der Waals surface area contributed by atoms with Crippen LogP contribution in [0.25, 0.3) is 0 Å². The van der Waals surface area contributed by atoms with E-state index in [1.807, 2.05) is 0 Å². The van der Waals surface area contributed by atoms with Gasteiger partial charge in [-0.1, -0.05) is 12.1 Å². The Morgan fingerprint density at radius 3 is 2.21 bits per heavy atom. The Morgan fingerprint density at radius 1 is 1.07 bits per heavy atom. The zero-order valence-corrected chi connectivity index (χ0v) is 15.8. The van der Waals surface area contributed by atoms with Crippen molar-refractivity contribution in [3.05, 3.63) is 35.6 Å². The minimum absolute atomic E-state index is 0.0199. The fourth-order valence-electron chi connectivity index (χ4n) is 7.00. The Kier molecular flexibility index (Phi) is 3.89. The number of aliphatic hydroxyl groups is 1. The number of amides is 1. The summed E-state index contributed by atoms with van der Waals surface area (Å²) >= 11 is 0. The fourth-order valence-corrected chi connectivity index (χ4v) is 7.00. The third-order valence-corrected chi connectivity index (χ3v) is 8.14. The molecule has 6 heteroatoms. The third-order valence-electron chi connectivity index (χ3n) is 8.14. The van der Waals surface area contributed by atoms with Crippen LogP contribution in [-0.2, 0) is 15.0 Å². The number of carbonyl (C=O) groups is 2. The molecule has 0 radical (unpaired) electrons. The molecule has 5 aliphatic rings. The first kappa shape index (κ1) is 18.1. The zero-order valence-electron chi connectivity index (χ0n) is 15.8. The molecular weight excluding hydrogens is 361 g/mol. The number of aliphatic hydroxyl groups excluding tert-OH is 1. The largest absolute Gasteiger partial charge is 0.481 e. The minimum atomic E-state index is -0.697. The summed E-state index contributed by atoms with van der Waals surface area (Å²) in [4.78, 5) is 26.8. The van der Waals surface area contributed by atoms with E-state index in [1.54, 1.807) is 17.0 Å². The Balaban J connectivity index is 1.55. The second-order valence-corrected chi connectivity index (χ2v) is 9.61. The monoisotopic (exact) mass is 387 g/mol. The second kappa shape index (κ2) is 6.02. The first-order valence-corrected chi connectivity index (χ1v) is 10.3. The van der Waals surface area contributed by atoms with Crippen molar-refractivity contribution in [1.29, 1.82) is 0 Å². The van der Waals surface area contributed by atoms with Crippen molar-refractivity contribution in [3.8, 4) is 0 Å². The van der Waals surface area contributed by atoms with Crippen LogP contribution in [0.4, 0.5) is 4.39 Å². The fraction of sp³-hybridized carbons (Fsp3) is 0.636. The number of rotatable bonds is 4. The number of hydrogen-bond acceptors (Lipinski definition) is 3. The molecule has 1 aromatic rings. The summed E-state index contributed by atoms with van der Waals surface area (Å²) in [6, 6.07) is 6.49. The van der Waals surface area contributed by atoms with Crippen molar-refractivity contribution in [2.75, 3.05) is 13.1 Å². The molecule has 2 unspecified atom stereocenters. The Bertz CT molecular complexity index is 800. The topological polar surface area (TPSA) is 77.8 Å². The predicted octanol–water partition coefficient (Wildman–Crippen LogP) is 2.57. The van der Waals surface area contributed by atoms with Gasteiger partial charge in [0.1, 0.15) is 5.82 Å². The lowest BCUT2D eigenvalue weighted by atomic mass is 9.39. The van der Waals surface area contributed by atoms with Gasteiger partial charge in [0, 0.05) is 24.9 Å². The number of carboxylic acids is 1. The van der Waals surface area contributed by atoms with Crippen molar-refractivity contribution in [3.63, 3.8) is 0 Å². The Hall–Kier alpha value is -1.95. The van der Waals surface area contributed by atoms with Gasteiger partial charge in [-0.25, -0.2) is 4.39 Å². The highest BCUT2D eigenvalue weighted by Crippen LogP contribution is 2.68. The quantitative estimate of drug-likeness (QED) is 0.832. The van der Waals surface area contributed by atoms with Crippen LogP contribution in [0, 0.1) is 29.0 Å². The number of benzene rings is 1. The van der Waals surface area contributed by atoms with Gasteiger partial charge in [0.25, 0.3) is 0 Å². The molecular formula is C22H26FNO4. The third kappa shape index (κ3) is 2.46. The molecule has 4 aliphatic carbocycles. The van der Waals surface area contributed by atoms with E-state index in [0.717, 1.165) is 24.8 Å². The van der Waals surface area contributed by atoms with Gasteiger partial charge in [-0.3, -0.25) is 9.59 Å². The second-order valence-electron chi connectivity index (χ2n) is 9.61. The van der Waals surface area contributed by atoms with Gasteiger partial charge in [0.2, 0.25) is 5.91 Å². The number of β-amino-alcohol motifs (C(OH)–C–C–N with tert-alkyl or cyclic N) is 1. The van der Waals surface area contributed by atoms with Crippen LogP contribution in [0.3, 0.4) is 0 Å². The molecule has 4 bridgehead atoms. The van der Waals surface area contributed by atoms with Gasteiger partial charge in [-0.05, 0) is 67.6 Å². The average Bonchev–Trinajstić information content (AvgIpc) is 2.62. The first-order chi connectivity index (χ1) is 13.3. The number of halogens is 1. The van der Waals surface area contributed by atoms with Gasteiger partial charge < -0.3 is 15.1 Å². The molecule has 150 valence electrons. The van der Waals surface area contributed by atoms with E-state index in [0.29, 0.717) is 38.3 Å². The summed E-state index contributed by atoms with van der Waals surface area (Å²) in [6.45, 7) is 0.741. The molecule has 0 spiro atoms. The van der Waals surface area contributed by atoms with Gasteiger partial charge in [0.15, 0.2) is 0 Å². The van der Waals surface area contributed by atoms with Crippen molar-refractivity contribution < 1.29 is 24.2 Å². The lowest BCUT2D eigenvalue weighted by molar-refractivity contribution is -0.177. The smallest absolute Gasteiger partial charge is 0.309 e. The minimum Gasteiger partial charge on any atom is -0.481 e. The van der Waals surface area contributed by atoms with E-state index in [1.165, 1.54) is 12.1 Å². The van der Waals surface area contributed by atoms with Crippen molar-refractivity contribution >= 4 is 11.9 Å². The van der Waals surface area contributed by atoms with Crippen LogP contribution in [0.1, 0.15) is 44.1 Å². The van der Waals surface area contributed by atoms with Crippen molar-refractivity contribution in [2.24, 2.45) is 23.2 Å². The van der Waals surface area contributed by atoms with E-state index < -0.39 is 22.9 Å². The highest BCUT2D eigenvalue weighted by Gasteiger charge is 2.65. The number of hydrogen-bond donors (Lipinski definition) is 2. The van der Waals surface area contributed by atoms with Gasteiger partial charge in [0.05, 0.1) is 11.5 Å². The van der Waals surface area contributed by atoms with Crippen LogP contribution in [0.2, 0.25) is 0 Å². The number of likely N-dealkylation sites (tertiary alicyclic amines) is 1. The highest BCUT2D eigenvalue weighted by atomic mass is 19.1. The Labute approximate surface area is 163 Å². The SMILES string of the molecule is O=C(C[C@]1(c2ccc(F)cc2)C2CC3CC1C[C@@](C(=O)O)(C3)C2)N1CC(O)C1. The summed E-state index contributed by atoms with van der Waals surface area (Å²) < 4.78 is 13.6. The first-order valence-electron chi connectivity index (χ1n) is 10.3. The van der Waals surface area contributed by atoms with Crippen LogP contribution >= 0.6 is 0 Å². The summed E-state index contributed by atoms with van der Waals surface area (Å²) in [5, 5.41) is 19.5. The van der Waals surface area contributed by atoms with Crippen LogP contribution in [0.5, 0.6) is 0 Å². The molecule has 5 nitrogen and oxygen atoms in total. The number of carboxylic acid groups (broad SMARTS) is 1. The molecule has 0 aromatic heterocycles. The van der Waals surface area contributed by atoms with E-state index >= 15 is 0 Å². The maximum atomic E-state index is 13.6. The van der Waals surface area contributed by atoms with E-state index in [9.17, 15) is 24.2 Å². The number of nitrogens with zero attached hydrogens (tertiary/aromatic N) is 1. The lowest BCUT2D eigenvalue weighted by Gasteiger charge is -2.64. The van der Waals surface area contributed by atoms with Crippen LogP contribution in [-0.4, -0.2) is 46.2 Å².